The smallest absolute Gasteiger partial charge is 0.275 e. The lowest BCUT2D eigenvalue weighted by Gasteiger charge is -2.30. The van der Waals surface area contributed by atoms with Gasteiger partial charge in [-0.15, -0.1) is 0 Å². The van der Waals surface area contributed by atoms with E-state index >= 15 is 0 Å². The lowest BCUT2D eigenvalue weighted by Crippen LogP contribution is -3.16. The van der Waals surface area contributed by atoms with Crippen LogP contribution in [0, 0.1) is 6.92 Å². The van der Waals surface area contributed by atoms with E-state index in [0.717, 1.165) is 18.7 Å². The molecule has 1 unspecified atom stereocenters. The van der Waals surface area contributed by atoms with Gasteiger partial charge < -0.3 is 10.2 Å². The van der Waals surface area contributed by atoms with Crippen molar-refractivity contribution in [3.05, 3.63) is 57.0 Å². The number of likely N-dealkylation sites (tertiary alicyclic amines) is 1. The van der Waals surface area contributed by atoms with Crippen LogP contribution in [0.3, 0.4) is 0 Å². The summed E-state index contributed by atoms with van der Waals surface area (Å²) in [5, 5.41) is 7.76. The van der Waals surface area contributed by atoms with Gasteiger partial charge in [0.25, 0.3) is 5.91 Å². The zero-order valence-electron chi connectivity index (χ0n) is 16.5. The largest absolute Gasteiger partial charge is 0.350 e. The Morgan fingerprint density at radius 1 is 1.32 bits per heavy atom. The third-order valence-electron chi connectivity index (χ3n) is 5.44. The average molecular weight is 404 g/mol. The second-order valence-electron chi connectivity index (χ2n) is 7.55. The molecule has 7 heteroatoms. The molecule has 28 heavy (non-hydrogen) atoms. The van der Waals surface area contributed by atoms with Crippen molar-refractivity contribution in [2.75, 3.05) is 19.6 Å². The van der Waals surface area contributed by atoms with Crippen molar-refractivity contribution in [1.29, 1.82) is 0 Å². The highest BCUT2D eigenvalue weighted by Gasteiger charge is 2.21. The number of aromatic nitrogens is 2. The average Bonchev–Trinajstić information content (AvgIpc) is 2.67. The van der Waals surface area contributed by atoms with Gasteiger partial charge in [-0.1, -0.05) is 11.6 Å². The van der Waals surface area contributed by atoms with Crippen molar-refractivity contribution in [2.24, 2.45) is 0 Å². The van der Waals surface area contributed by atoms with Crippen LogP contribution in [0.15, 0.2) is 35.1 Å². The van der Waals surface area contributed by atoms with Crippen LogP contribution in [0.4, 0.5) is 0 Å². The molecule has 1 aliphatic rings. The molecule has 2 atom stereocenters. The summed E-state index contributed by atoms with van der Waals surface area (Å²) < 4.78 is 1.59. The molecule has 3 rings (SSSR count). The second kappa shape index (κ2) is 9.34. The van der Waals surface area contributed by atoms with Gasteiger partial charge in [0.15, 0.2) is 5.69 Å². The molecule has 0 aliphatic carbocycles. The highest BCUT2D eigenvalue weighted by atomic mass is 35.5. The zero-order chi connectivity index (χ0) is 20.1. The Bertz CT molecular complexity index is 879. The van der Waals surface area contributed by atoms with Gasteiger partial charge in [-0.2, -0.15) is 5.10 Å². The van der Waals surface area contributed by atoms with Crippen molar-refractivity contribution in [3.8, 4) is 5.69 Å². The van der Waals surface area contributed by atoms with Gasteiger partial charge in [0.05, 0.1) is 24.8 Å². The molecule has 1 saturated heterocycles. The minimum absolute atomic E-state index is 0.0840. The van der Waals surface area contributed by atoms with E-state index in [1.807, 2.05) is 0 Å². The number of aryl methyl sites for hydroxylation is 1. The number of quaternary nitrogens is 1. The van der Waals surface area contributed by atoms with E-state index in [4.69, 9.17) is 11.6 Å². The summed E-state index contributed by atoms with van der Waals surface area (Å²) in [6, 6.07) is 9.24. The Kier molecular flexibility index (Phi) is 6.86. The number of nitrogens with zero attached hydrogens (tertiary/aromatic N) is 2. The minimum atomic E-state index is -0.422. The summed E-state index contributed by atoms with van der Waals surface area (Å²) in [5.74, 6) is -0.422. The van der Waals surface area contributed by atoms with Gasteiger partial charge >= 0.3 is 0 Å². The fourth-order valence-electron chi connectivity index (χ4n) is 3.77. The standard InChI is InChI=1S/C21H27ClN4O2/c1-15-6-3-4-12-25(15)13-5-11-23-21(28)20-19(27)14-16(2)26(24-20)18-9-7-17(22)8-10-18/h7-10,14-15H,3-6,11-13H2,1-2H3,(H,23,28)/p+1/t15-/m1/s1. The first-order valence-corrected chi connectivity index (χ1v) is 10.3. The topological polar surface area (TPSA) is 68.4 Å². The fraction of sp³-hybridized carbons (Fsp3) is 0.476. The Morgan fingerprint density at radius 2 is 2.07 bits per heavy atom. The Hall–Kier alpha value is -2.18. The van der Waals surface area contributed by atoms with E-state index < -0.39 is 5.91 Å². The molecule has 1 amide bonds. The van der Waals surface area contributed by atoms with Crippen LogP contribution in [0.25, 0.3) is 5.69 Å². The first-order valence-electron chi connectivity index (χ1n) is 9.95. The summed E-state index contributed by atoms with van der Waals surface area (Å²) in [5.41, 5.74) is 0.958. The van der Waals surface area contributed by atoms with E-state index in [1.165, 1.54) is 31.9 Å². The molecular weight excluding hydrogens is 376 g/mol. The Balaban J connectivity index is 1.63. The van der Waals surface area contributed by atoms with Crippen LogP contribution in [0.5, 0.6) is 0 Å². The van der Waals surface area contributed by atoms with Gasteiger partial charge in [-0.25, -0.2) is 4.68 Å². The number of benzene rings is 1. The molecule has 2 aromatic rings. The summed E-state index contributed by atoms with van der Waals surface area (Å²) in [4.78, 5) is 26.4. The normalized spacial score (nSPS) is 19.4. The van der Waals surface area contributed by atoms with Gasteiger partial charge in [-0.05, 0) is 57.4 Å². The maximum absolute atomic E-state index is 12.5. The van der Waals surface area contributed by atoms with Crippen molar-refractivity contribution < 1.29 is 9.69 Å². The highest BCUT2D eigenvalue weighted by Crippen LogP contribution is 2.13. The van der Waals surface area contributed by atoms with Crippen molar-refractivity contribution in [2.45, 2.75) is 45.6 Å². The molecule has 0 spiro atoms. The molecule has 2 heterocycles. The molecule has 0 saturated carbocycles. The summed E-state index contributed by atoms with van der Waals surface area (Å²) in [6.07, 6.45) is 4.77. The maximum atomic E-state index is 12.5. The fourth-order valence-corrected chi connectivity index (χ4v) is 3.90. The second-order valence-corrected chi connectivity index (χ2v) is 7.99. The third kappa shape index (κ3) is 5.00. The van der Waals surface area contributed by atoms with Gasteiger partial charge in [0, 0.05) is 29.7 Å². The van der Waals surface area contributed by atoms with Crippen molar-refractivity contribution in [1.82, 2.24) is 15.1 Å². The van der Waals surface area contributed by atoms with Crippen molar-refractivity contribution in [3.63, 3.8) is 0 Å². The molecular formula is C21H28ClN4O2+. The monoisotopic (exact) mass is 403 g/mol. The van der Waals surface area contributed by atoms with Crippen LogP contribution >= 0.6 is 11.6 Å². The van der Waals surface area contributed by atoms with Crippen LogP contribution in [0.2, 0.25) is 5.02 Å². The quantitative estimate of drug-likeness (QED) is 0.722. The SMILES string of the molecule is Cc1cc(=O)c(C(=O)NCCC[NH+]2CCCC[C@H]2C)nn1-c1ccc(Cl)cc1. The molecule has 2 N–H and O–H groups in total. The van der Waals surface area contributed by atoms with Crippen molar-refractivity contribution >= 4 is 17.5 Å². The number of piperidine rings is 1. The van der Waals surface area contributed by atoms with Crippen LogP contribution in [0.1, 0.15) is 48.8 Å². The van der Waals surface area contributed by atoms with Crippen LogP contribution in [-0.4, -0.2) is 41.4 Å². The molecule has 1 aliphatic heterocycles. The maximum Gasteiger partial charge on any atom is 0.275 e. The number of amides is 1. The van der Waals surface area contributed by atoms with Gasteiger partial charge in [0.1, 0.15) is 0 Å². The third-order valence-corrected chi connectivity index (χ3v) is 5.69. The molecule has 0 radical (unpaired) electrons. The van der Waals surface area contributed by atoms with Gasteiger partial charge in [0.2, 0.25) is 5.43 Å². The molecule has 0 bridgehead atoms. The predicted octanol–water partition coefficient (Wildman–Crippen LogP) is 1.77. The summed E-state index contributed by atoms with van der Waals surface area (Å²) in [7, 11) is 0. The lowest BCUT2D eigenvalue weighted by molar-refractivity contribution is -0.928. The number of nitrogens with one attached hydrogen (secondary N) is 2. The van der Waals surface area contributed by atoms with E-state index in [0.29, 0.717) is 23.3 Å². The van der Waals surface area contributed by atoms with E-state index in [9.17, 15) is 9.59 Å². The Labute approximate surface area is 170 Å². The van der Waals surface area contributed by atoms with E-state index in [-0.39, 0.29) is 11.1 Å². The highest BCUT2D eigenvalue weighted by molar-refractivity contribution is 6.30. The summed E-state index contributed by atoms with van der Waals surface area (Å²) in [6.45, 7) is 6.87. The van der Waals surface area contributed by atoms with Gasteiger partial charge in [-0.3, -0.25) is 9.59 Å². The first kappa shape index (κ1) is 20.6. The molecule has 1 fully saturated rings. The number of carbonyl (C=O) groups is 1. The van der Waals surface area contributed by atoms with Crippen LogP contribution in [-0.2, 0) is 0 Å². The molecule has 1 aromatic carbocycles. The number of hydrogen-bond acceptors (Lipinski definition) is 3. The molecule has 150 valence electrons. The van der Waals surface area contributed by atoms with Crippen LogP contribution < -0.4 is 15.6 Å². The predicted molar refractivity (Wildman–Crippen MR) is 111 cm³/mol. The lowest BCUT2D eigenvalue weighted by atomic mass is 10.0. The number of hydrogen-bond donors (Lipinski definition) is 2. The first-order chi connectivity index (χ1) is 13.5. The number of carbonyl (C=O) groups excluding carboxylic acids is 1. The summed E-state index contributed by atoms with van der Waals surface area (Å²) >= 11 is 5.94. The zero-order valence-corrected chi connectivity index (χ0v) is 17.3. The minimum Gasteiger partial charge on any atom is -0.350 e. The van der Waals surface area contributed by atoms with E-state index in [1.54, 1.807) is 40.8 Å². The number of halogens is 1. The molecule has 6 nitrogen and oxygen atoms in total. The molecule has 1 aromatic heterocycles. The van der Waals surface area contributed by atoms with E-state index in [2.05, 4.69) is 17.3 Å². The number of rotatable bonds is 6. The Morgan fingerprint density at radius 3 is 2.79 bits per heavy atom.